The van der Waals surface area contributed by atoms with Gasteiger partial charge < -0.3 is 0 Å². The fourth-order valence-corrected chi connectivity index (χ4v) is 2.81. The maximum Gasteiger partial charge on any atom is 0.143 e. The lowest BCUT2D eigenvalue weighted by Crippen LogP contribution is -2.33. The molecular weight excluding hydrogens is 212 g/mol. The molecule has 0 spiro atoms. The van der Waals surface area contributed by atoms with E-state index in [1.54, 1.807) is 0 Å². The van der Waals surface area contributed by atoms with Crippen LogP contribution in [0.15, 0.2) is 0 Å². The Morgan fingerprint density at radius 3 is 2.06 bits per heavy atom. The van der Waals surface area contributed by atoms with Gasteiger partial charge in [0, 0.05) is 12.8 Å². The third-order valence-electron chi connectivity index (χ3n) is 3.80. The van der Waals surface area contributed by atoms with Crippen molar-refractivity contribution in [1.82, 2.24) is 0 Å². The summed E-state index contributed by atoms with van der Waals surface area (Å²) in [6.07, 6.45) is 8.82. The first-order valence-electron chi connectivity index (χ1n) is 7.24. The molecule has 1 aliphatic rings. The molecule has 2 nitrogen and oxygen atoms in total. The number of unbranched alkanes of at least 4 members (excludes halogenated alkanes) is 3. The van der Waals surface area contributed by atoms with Crippen LogP contribution in [0.5, 0.6) is 0 Å². The van der Waals surface area contributed by atoms with Gasteiger partial charge in [0.05, 0.1) is 5.92 Å². The van der Waals surface area contributed by atoms with E-state index in [-0.39, 0.29) is 17.5 Å². The van der Waals surface area contributed by atoms with Crippen LogP contribution in [0.2, 0.25) is 0 Å². The monoisotopic (exact) mass is 238 g/mol. The molecule has 0 aromatic rings. The molecule has 2 heteroatoms. The van der Waals surface area contributed by atoms with E-state index >= 15 is 0 Å². The zero-order valence-electron chi connectivity index (χ0n) is 11.3. The second-order valence-corrected chi connectivity index (χ2v) is 5.40. The lowest BCUT2D eigenvalue weighted by atomic mass is 9.76. The molecule has 0 amide bonds. The molecule has 0 bridgehead atoms. The van der Waals surface area contributed by atoms with Crippen molar-refractivity contribution >= 4 is 11.6 Å². The quantitative estimate of drug-likeness (QED) is 0.497. The number of rotatable bonds is 7. The number of hydrogen-bond acceptors (Lipinski definition) is 2. The van der Waals surface area contributed by atoms with Gasteiger partial charge in [-0.15, -0.1) is 0 Å². The number of carbonyl (C=O) groups is 2. The summed E-state index contributed by atoms with van der Waals surface area (Å²) in [6.45, 7) is 4.29. The topological polar surface area (TPSA) is 34.1 Å². The SMILES string of the molecule is CCCCCCC1C(=O)CC(CCC)CC1=O. The lowest BCUT2D eigenvalue weighted by Gasteiger charge is -2.26. The standard InChI is InChI=1S/C15H26O2/c1-3-5-6-7-9-13-14(16)10-12(8-4-2)11-15(13)17/h12-13H,3-11H2,1-2H3. The number of Topliss-reactive ketones (excluding diaryl/α,β-unsaturated/α-hetero) is 2. The molecule has 0 radical (unpaired) electrons. The van der Waals surface area contributed by atoms with E-state index in [9.17, 15) is 9.59 Å². The van der Waals surface area contributed by atoms with Gasteiger partial charge in [-0.1, -0.05) is 46.0 Å². The maximum atomic E-state index is 11.9. The Morgan fingerprint density at radius 2 is 1.53 bits per heavy atom. The first kappa shape index (κ1) is 14.4. The van der Waals surface area contributed by atoms with Gasteiger partial charge in [-0.2, -0.15) is 0 Å². The zero-order valence-corrected chi connectivity index (χ0v) is 11.3. The number of ketones is 2. The molecule has 17 heavy (non-hydrogen) atoms. The van der Waals surface area contributed by atoms with Gasteiger partial charge in [0.1, 0.15) is 11.6 Å². The van der Waals surface area contributed by atoms with E-state index in [2.05, 4.69) is 13.8 Å². The summed E-state index contributed by atoms with van der Waals surface area (Å²) in [4.78, 5) is 23.9. The molecule has 0 heterocycles. The minimum atomic E-state index is -0.250. The summed E-state index contributed by atoms with van der Waals surface area (Å²) in [5.74, 6) is 0.527. The number of carbonyl (C=O) groups excluding carboxylic acids is 2. The van der Waals surface area contributed by atoms with Crippen LogP contribution in [-0.2, 0) is 9.59 Å². The molecule has 1 aliphatic carbocycles. The van der Waals surface area contributed by atoms with Crippen LogP contribution in [0.25, 0.3) is 0 Å². The van der Waals surface area contributed by atoms with E-state index in [4.69, 9.17) is 0 Å². The second kappa shape index (κ2) is 7.62. The Balaban J connectivity index is 2.36. The highest BCUT2D eigenvalue weighted by atomic mass is 16.2. The summed E-state index contributed by atoms with van der Waals surface area (Å²) >= 11 is 0. The van der Waals surface area contributed by atoms with E-state index in [0.717, 1.165) is 32.1 Å². The van der Waals surface area contributed by atoms with Gasteiger partial charge in [-0.3, -0.25) is 9.59 Å². The summed E-state index contributed by atoms with van der Waals surface area (Å²) in [7, 11) is 0. The highest BCUT2D eigenvalue weighted by Gasteiger charge is 2.34. The molecule has 0 unspecified atom stereocenters. The Labute approximate surface area is 105 Å². The molecule has 1 rings (SSSR count). The van der Waals surface area contributed by atoms with Crippen LogP contribution in [0, 0.1) is 11.8 Å². The van der Waals surface area contributed by atoms with Crippen molar-refractivity contribution in [2.75, 3.05) is 0 Å². The van der Waals surface area contributed by atoms with Crippen LogP contribution < -0.4 is 0 Å². The van der Waals surface area contributed by atoms with Crippen LogP contribution in [-0.4, -0.2) is 11.6 Å². The van der Waals surface area contributed by atoms with Gasteiger partial charge in [0.25, 0.3) is 0 Å². The van der Waals surface area contributed by atoms with Crippen LogP contribution in [0.1, 0.15) is 71.6 Å². The summed E-state index contributed by atoms with van der Waals surface area (Å²) in [5.41, 5.74) is 0. The predicted octanol–water partition coefficient (Wildman–Crippen LogP) is 3.92. The van der Waals surface area contributed by atoms with Gasteiger partial charge >= 0.3 is 0 Å². The molecular formula is C15H26O2. The summed E-state index contributed by atoms with van der Waals surface area (Å²) < 4.78 is 0. The van der Waals surface area contributed by atoms with E-state index in [0.29, 0.717) is 18.8 Å². The van der Waals surface area contributed by atoms with Crippen molar-refractivity contribution in [2.24, 2.45) is 11.8 Å². The Hall–Kier alpha value is -0.660. The largest absolute Gasteiger partial charge is 0.299 e. The smallest absolute Gasteiger partial charge is 0.143 e. The normalized spacial score (nSPS) is 25.3. The van der Waals surface area contributed by atoms with E-state index in [1.807, 2.05) is 0 Å². The van der Waals surface area contributed by atoms with Crippen molar-refractivity contribution in [3.8, 4) is 0 Å². The molecule has 0 atom stereocenters. The zero-order chi connectivity index (χ0) is 12.7. The highest BCUT2D eigenvalue weighted by molar-refractivity contribution is 6.04. The van der Waals surface area contributed by atoms with E-state index in [1.165, 1.54) is 12.8 Å². The molecule has 0 aromatic heterocycles. The summed E-state index contributed by atoms with van der Waals surface area (Å²) in [5, 5.41) is 0. The van der Waals surface area contributed by atoms with Crippen LogP contribution in [0.3, 0.4) is 0 Å². The molecule has 0 N–H and O–H groups in total. The predicted molar refractivity (Wildman–Crippen MR) is 69.9 cm³/mol. The fraction of sp³-hybridized carbons (Fsp3) is 0.867. The first-order chi connectivity index (χ1) is 8.19. The minimum Gasteiger partial charge on any atom is -0.299 e. The third-order valence-corrected chi connectivity index (χ3v) is 3.80. The second-order valence-electron chi connectivity index (χ2n) is 5.40. The number of hydrogen-bond donors (Lipinski definition) is 0. The summed E-state index contributed by atoms with van der Waals surface area (Å²) in [6, 6.07) is 0. The highest BCUT2D eigenvalue weighted by Crippen LogP contribution is 2.29. The van der Waals surface area contributed by atoms with Crippen molar-refractivity contribution < 1.29 is 9.59 Å². The Bertz CT molecular complexity index is 240. The van der Waals surface area contributed by atoms with Gasteiger partial charge in [0.15, 0.2) is 0 Å². The van der Waals surface area contributed by atoms with Crippen LogP contribution >= 0.6 is 0 Å². The lowest BCUT2D eigenvalue weighted by molar-refractivity contribution is -0.137. The molecule has 0 aliphatic heterocycles. The minimum absolute atomic E-state index is 0.219. The average Bonchev–Trinajstić information content (AvgIpc) is 2.27. The van der Waals surface area contributed by atoms with Gasteiger partial charge in [0.2, 0.25) is 0 Å². The fourth-order valence-electron chi connectivity index (χ4n) is 2.81. The molecule has 98 valence electrons. The third kappa shape index (κ3) is 4.61. The average molecular weight is 238 g/mol. The van der Waals surface area contributed by atoms with Crippen molar-refractivity contribution in [2.45, 2.75) is 71.6 Å². The molecule has 0 saturated heterocycles. The van der Waals surface area contributed by atoms with Crippen LogP contribution in [0.4, 0.5) is 0 Å². The Kier molecular flexibility index (Phi) is 6.46. The maximum absolute atomic E-state index is 11.9. The van der Waals surface area contributed by atoms with Gasteiger partial charge in [-0.25, -0.2) is 0 Å². The van der Waals surface area contributed by atoms with Crippen molar-refractivity contribution in [1.29, 1.82) is 0 Å². The van der Waals surface area contributed by atoms with E-state index < -0.39 is 0 Å². The molecule has 1 fully saturated rings. The van der Waals surface area contributed by atoms with Gasteiger partial charge in [-0.05, 0) is 18.8 Å². The Morgan fingerprint density at radius 1 is 0.882 bits per heavy atom. The first-order valence-corrected chi connectivity index (χ1v) is 7.24. The molecule has 1 saturated carbocycles. The van der Waals surface area contributed by atoms with Crippen molar-refractivity contribution in [3.63, 3.8) is 0 Å². The van der Waals surface area contributed by atoms with Crippen molar-refractivity contribution in [3.05, 3.63) is 0 Å². The molecule has 0 aromatic carbocycles.